The minimum absolute atomic E-state index is 0.168. The van der Waals surface area contributed by atoms with E-state index in [2.05, 4.69) is 20.6 Å². The number of anilines is 1. The number of rotatable bonds is 7. The Morgan fingerprint density at radius 3 is 2.43 bits per heavy atom. The molecule has 0 aliphatic carbocycles. The van der Waals surface area contributed by atoms with Crippen molar-refractivity contribution in [1.29, 1.82) is 0 Å². The van der Waals surface area contributed by atoms with E-state index >= 15 is 0 Å². The molecule has 7 nitrogen and oxygen atoms in total. The van der Waals surface area contributed by atoms with Crippen molar-refractivity contribution in [3.63, 3.8) is 0 Å². The molecule has 9 heteroatoms. The maximum Gasteiger partial charge on any atom is 0.227 e. The molecular weight excluding hydrogens is 425 g/mol. The van der Waals surface area contributed by atoms with Gasteiger partial charge in [0.1, 0.15) is 5.82 Å². The topological polar surface area (TPSA) is 85.8 Å². The van der Waals surface area contributed by atoms with Gasteiger partial charge in [0.2, 0.25) is 17.6 Å². The molecule has 4 rings (SSSR count). The third-order valence-corrected chi connectivity index (χ3v) is 4.87. The Kier molecular flexibility index (Phi) is 6.11. The highest BCUT2D eigenvalue weighted by Crippen LogP contribution is 2.19. The van der Waals surface area contributed by atoms with Crippen molar-refractivity contribution in [3.8, 4) is 11.4 Å². The average molecular weight is 442 g/mol. The van der Waals surface area contributed by atoms with Gasteiger partial charge in [-0.25, -0.2) is 4.68 Å². The van der Waals surface area contributed by atoms with Crippen molar-refractivity contribution in [2.75, 3.05) is 5.32 Å². The minimum Gasteiger partial charge on any atom is -0.339 e. The zero-order valence-corrected chi connectivity index (χ0v) is 17.3. The molecule has 2 aromatic carbocycles. The van der Waals surface area contributed by atoms with E-state index in [-0.39, 0.29) is 12.3 Å². The second-order valence-electron chi connectivity index (χ2n) is 6.57. The number of benzene rings is 2. The predicted octanol–water partition coefficient (Wildman–Crippen LogP) is 4.86. The zero-order chi connectivity index (χ0) is 20.9. The van der Waals surface area contributed by atoms with Gasteiger partial charge in [0.25, 0.3) is 0 Å². The highest BCUT2D eigenvalue weighted by Gasteiger charge is 2.12. The van der Waals surface area contributed by atoms with Gasteiger partial charge in [-0.15, -0.1) is 0 Å². The first kappa shape index (κ1) is 20.1. The van der Waals surface area contributed by atoms with Crippen molar-refractivity contribution in [1.82, 2.24) is 19.9 Å². The predicted molar refractivity (Wildman–Crippen MR) is 114 cm³/mol. The molecule has 1 amide bonds. The molecule has 0 fully saturated rings. The lowest BCUT2D eigenvalue weighted by atomic mass is 10.2. The van der Waals surface area contributed by atoms with Crippen LogP contribution in [0.25, 0.3) is 11.4 Å². The van der Waals surface area contributed by atoms with E-state index in [9.17, 15) is 4.79 Å². The van der Waals surface area contributed by atoms with Crippen LogP contribution in [0.5, 0.6) is 0 Å². The summed E-state index contributed by atoms with van der Waals surface area (Å²) in [5, 5.41) is 12.4. The Bertz CT molecular complexity index is 1140. The molecule has 30 heavy (non-hydrogen) atoms. The van der Waals surface area contributed by atoms with E-state index in [0.29, 0.717) is 40.5 Å². The zero-order valence-electron chi connectivity index (χ0n) is 15.8. The molecule has 0 saturated carbocycles. The third-order valence-electron chi connectivity index (χ3n) is 4.37. The fraction of sp³-hybridized carbons (Fsp3) is 0.143. The number of carbonyl (C=O) groups excluding carboxylic acids is 1. The van der Waals surface area contributed by atoms with Crippen LogP contribution in [0.1, 0.15) is 17.9 Å². The van der Waals surface area contributed by atoms with E-state index in [1.807, 2.05) is 36.4 Å². The van der Waals surface area contributed by atoms with Crippen LogP contribution < -0.4 is 5.32 Å². The lowest BCUT2D eigenvalue weighted by molar-refractivity contribution is -0.116. The first-order valence-electron chi connectivity index (χ1n) is 9.21. The first-order valence-corrected chi connectivity index (χ1v) is 9.97. The SMILES string of the molecule is O=C(CCc1nc(-c2ccc(Cl)cc2)no1)Nc1ccnn1Cc1ccc(Cl)cc1. The second kappa shape index (κ2) is 9.11. The van der Waals surface area contributed by atoms with E-state index in [1.165, 1.54) is 0 Å². The highest BCUT2D eigenvalue weighted by molar-refractivity contribution is 6.30. The number of hydrogen-bond donors (Lipinski definition) is 1. The summed E-state index contributed by atoms with van der Waals surface area (Å²) >= 11 is 11.8. The quantitative estimate of drug-likeness (QED) is 0.442. The monoisotopic (exact) mass is 441 g/mol. The fourth-order valence-electron chi connectivity index (χ4n) is 2.83. The minimum atomic E-state index is -0.168. The molecule has 1 N–H and O–H groups in total. The number of aryl methyl sites for hydroxylation is 1. The summed E-state index contributed by atoms with van der Waals surface area (Å²) in [5.41, 5.74) is 1.82. The number of carbonyl (C=O) groups is 1. The molecule has 0 radical (unpaired) electrons. The molecule has 152 valence electrons. The molecule has 0 bridgehead atoms. The van der Waals surface area contributed by atoms with Crippen molar-refractivity contribution >= 4 is 34.9 Å². The van der Waals surface area contributed by atoms with Crippen molar-refractivity contribution in [2.24, 2.45) is 0 Å². The molecule has 0 unspecified atom stereocenters. The van der Waals surface area contributed by atoms with Gasteiger partial charge < -0.3 is 9.84 Å². The molecular formula is C21H17Cl2N5O2. The number of hydrogen-bond acceptors (Lipinski definition) is 5. The van der Waals surface area contributed by atoms with Crippen LogP contribution in [-0.2, 0) is 17.8 Å². The Labute approximate surface area is 182 Å². The largest absolute Gasteiger partial charge is 0.339 e. The first-order chi connectivity index (χ1) is 14.6. The van der Waals surface area contributed by atoms with Crippen LogP contribution >= 0.6 is 23.2 Å². The number of amides is 1. The normalized spacial score (nSPS) is 10.9. The summed E-state index contributed by atoms with van der Waals surface area (Å²) < 4.78 is 6.96. The van der Waals surface area contributed by atoms with Gasteiger partial charge in [-0.3, -0.25) is 4.79 Å². The van der Waals surface area contributed by atoms with Gasteiger partial charge in [0.05, 0.1) is 12.7 Å². The molecule has 0 spiro atoms. The van der Waals surface area contributed by atoms with Gasteiger partial charge in [-0.05, 0) is 42.0 Å². The van der Waals surface area contributed by atoms with Crippen LogP contribution in [0.2, 0.25) is 10.0 Å². The fourth-order valence-corrected chi connectivity index (χ4v) is 3.08. The number of nitrogens with zero attached hydrogens (tertiary/aromatic N) is 4. The summed E-state index contributed by atoms with van der Waals surface area (Å²) in [7, 11) is 0. The molecule has 0 aliphatic heterocycles. The standard InChI is InChI=1S/C21H17Cl2N5O2/c22-16-5-1-14(2-6-16)13-28-18(11-12-24-28)25-19(29)9-10-20-26-21(27-30-20)15-3-7-17(23)8-4-15/h1-8,11-12H,9-10,13H2,(H,25,29). The summed E-state index contributed by atoms with van der Waals surface area (Å²) in [6.45, 7) is 0.522. The third kappa shape index (κ3) is 5.06. The Morgan fingerprint density at radius 2 is 1.70 bits per heavy atom. The number of aromatic nitrogens is 4. The molecule has 0 atom stereocenters. The molecule has 2 heterocycles. The molecule has 0 saturated heterocycles. The van der Waals surface area contributed by atoms with E-state index < -0.39 is 0 Å². The van der Waals surface area contributed by atoms with Crippen LogP contribution in [0.15, 0.2) is 65.3 Å². The molecule has 2 aromatic heterocycles. The van der Waals surface area contributed by atoms with Crippen molar-refractivity contribution in [3.05, 3.63) is 82.3 Å². The van der Waals surface area contributed by atoms with Crippen LogP contribution in [-0.4, -0.2) is 25.8 Å². The van der Waals surface area contributed by atoms with Crippen LogP contribution in [0.3, 0.4) is 0 Å². The van der Waals surface area contributed by atoms with Gasteiger partial charge in [0, 0.05) is 34.5 Å². The van der Waals surface area contributed by atoms with E-state index in [0.717, 1.165) is 11.1 Å². The summed E-state index contributed by atoms with van der Waals surface area (Å²) in [6.07, 6.45) is 2.17. The lowest BCUT2D eigenvalue weighted by Crippen LogP contribution is -2.16. The van der Waals surface area contributed by atoms with Crippen molar-refractivity contribution < 1.29 is 9.32 Å². The Morgan fingerprint density at radius 1 is 1.00 bits per heavy atom. The molecule has 4 aromatic rings. The maximum absolute atomic E-state index is 12.4. The number of halogens is 2. The highest BCUT2D eigenvalue weighted by atomic mass is 35.5. The van der Waals surface area contributed by atoms with E-state index in [1.54, 1.807) is 29.1 Å². The number of nitrogens with one attached hydrogen (secondary N) is 1. The summed E-state index contributed by atoms with van der Waals surface area (Å²) in [4.78, 5) is 16.7. The second-order valence-corrected chi connectivity index (χ2v) is 7.44. The van der Waals surface area contributed by atoms with Gasteiger partial charge in [-0.2, -0.15) is 10.1 Å². The van der Waals surface area contributed by atoms with Gasteiger partial charge >= 0.3 is 0 Å². The van der Waals surface area contributed by atoms with Gasteiger partial charge in [0.15, 0.2) is 0 Å². The summed E-state index contributed by atoms with van der Waals surface area (Å²) in [6, 6.07) is 16.4. The summed E-state index contributed by atoms with van der Waals surface area (Å²) in [5.74, 6) is 1.30. The lowest BCUT2D eigenvalue weighted by Gasteiger charge is -2.09. The van der Waals surface area contributed by atoms with Crippen molar-refractivity contribution in [2.45, 2.75) is 19.4 Å². The van der Waals surface area contributed by atoms with Crippen LogP contribution in [0, 0.1) is 0 Å². The smallest absolute Gasteiger partial charge is 0.227 e. The average Bonchev–Trinajstić information content (AvgIpc) is 3.39. The van der Waals surface area contributed by atoms with Gasteiger partial charge in [-0.1, -0.05) is 40.5 Å². The van der Waals surface area contributed by atoms with E-state index in [4.69, 9.17) is 27.7 Å². The Balaban J connectivity index is 1.33. The maximum atomic E-state index is 12.4. The molecule has 0 aliphatic rings. The van der Waals surface area contributed by atoms with Crippen LogP contribution in [0.4, 0.5) is 5.82 Å². The Hall–Kier alpha value is -3.16.